The molecule has 7 heteroatoms. The number of halogens is 2. The van der Waals surface area contributed by atoms with Gasteiger partial charge >= 0.3 is 0 Å². The number of benzene rings is 3. The molecule has 0 saturated carbocycles. The zero-order valence-corrected chi connectivity index (χ0v) is 21.1. The van der Waals surface area contributed by atoms with Gasteiger partial charge in [-0.15, -0.1) is 24.8 Å². The van der Waals surface area contributed by atoms with Crippen molar-refractivity contribution in [3.63, 3.8) is 0 Å². The Morgan fingerprint density at radius 1 is 0.765 bits per heavy atom. The first-order valence-corrected chi connectivity index (χ1v) is 11.2. The fourth-order valence-corrected chi connectivity index (χ4v) is 4.32. The summed E-state index contributed by atoms with van der Waals surface area (Å²) >= 11 is 0. The van der Waals surface area contributed by atoms with E-state index in [-0.39, 0.29) is 37.5 Å². The summed E-state index contributed by atoms with van der Waals surface area (Å²) in [6.07, 6.45) is -0.535. The number of aliphatic hydroxyl groups is 1. The number of piperazine rings is 1. The van der Waals surface area contributed by atoms with Crippen LogP contribution in [0.4, 0.5) is 0 Å². The molecule has 0 amide bonds. The normalized spacial score (nSPS) is 15.1. The molecule has 0 radical (unpaired) electrons. The van der Waals surface area contributed by atoms with Crippen molar-refractivity contribution >= 4 is 24.8 Å². The molecule has 1 N–H and O–H groups in total. The molecule has 5 nitrogen and oxygen atoms in total. The summed E-state index contributed by atoms with van der Waals surface area (Å²) in [6, 6.07) is 29.1. The maximum Gasteiger partial charge on any atom is 0.123 e. The molecule has 1 unspecified atom stereocenters. The highest BCUT2D eigenvalue weighted by Gasteiger charge is 2.27. The first-order chi connectivity index (χ1) is 15.7. The van der Waals surface area contributed by atoms with Crippen LogP contribution in [0.3, 0.4) is 0 Å². The van der Waals surface area contributed by atoms with E-state index < -0.39 is 6.10 Å². The molecular formula is C27H34Cl2N2O3. The molecule has 0 bridgehead atoms. The highest BCUT2D eigenvalue weighted by Crippen LogP contribution is 2.29. The average molecular weight is 505 g/mol. The molecule has 34 heavy (non-hydrogen) atoms. The van der Waals surface area contributed by atoms with Crippen LogP contribution in [0.25, 0.3) is 0 Å². The lowest BCUT2D eigenvalue weighted by Crippen LogP contribution is -2.50. The Hall–Kier alpha value is -2.28. The van der Waals surface area contributed by atoms with E-state index >= 15 is 0 Å². The zero-order chi connectivity index (χ0) is 22.2. The molecule has 1 saturated heterocycles. The largest absolute Gasteiger partial charge is 0.497 e. The number of nitrogens with zero attached hydrogens (tertiary/aromatic N) is 2. The van der Waals surface area contributed by atoms with E-state index in [2.05, 4.69) is 70.5 Å². The molecule has 1 aliphatic heterocycles. The number of aliphatic hydroxyl groups excluding tert-OH is 1. The van der Waals surface area contributed by atoms with Crippen LogP contribution >= 0.6 is 24.8 Å². The van der Waals surface area contributed by atoms with Crippen molar-refractivity contribution in [3.05, 3.63) is 96.1 Å². The lowest BCUT2D eigenvalue weighted by atomic mass is 9.96. The van der Waals surface area contributed by atoms with Gasteiger partial charge in [0.05, 0.1) is 13.2 Å². The van der Waals surface area contributed by atoms with Crippen molar-refractivity contribution in [2.45, 2.75) is 12.1 Å². The minimum Gasteiger partial charge on any atom is -0.497 e. The lowest BCUT2D eigenvalue weighted by Gasteiger charge is -2.40. The van der Waals surface area contributed by atoms with Crippen LogP contribution in [0.5, 0.6) is 11.5 Å². The topological polar surface area (TPSA) is 45.2 Å². The minimum absolute atomic E-state index is 0. The highest BCUT2D eigenvalue weighted by molar-refractivity contribution is 5.85. The first kappa shape index (κ1) is 28.0. The van der Waals surface area contributed by atoms with Crippen LogP contribution in [0.15, 0.2) is 84.9 Å². The summed E-state index contributed by atoms with van der Waals surface area (Å²) in [6.45, 7) is 4.64. The smallest absolute Gasteiger partial charge is 0.123 e. The summed E-state index contributed by atoms with van der Waals surface area (Å²) in [5.74, 6) is 1.46. The Kier molecular flexibility index (Phi) is 11.7. The van der Waals surface area contributed by atoms with Crippen LogP contribution in [0.2, 0.25) is 0 Å². The number of hydrogen-bond donors (Lipinski definition) is 1. The van der Waals surface area contributed by atoms with Gasteiger partial charge in [-0.2, -0.15) is 0 Å². The molecule has 1 heterocycles. The Morgan fingerprint density at radius 2 is 1.32 bits per heavy atom. The molecule has 3 aromatic carbocycles. The summed E-state index contributed by atoms with van der Waals surface area (Å²) in [5, 5.41) is 10.5. The zero-order valence-electron chi connectivity index (χ0n) is 19.5. The van der Waals surface area contributed by atoms with Gasteiger partial charge in [-0.05, 0) is 23.3 Å². The Balaban J connectivity index is 0.00000204. The minimum atomic E-state index is -0.535. The molecule has 1 aliphatic rings. The summed E-state index contributed by atoms with van der Waals surface area (Å²) in [5.41, 5.74) is 2.64. The van der Waals surface area contributed by atoms with Crippen LogP contribution < -0.4 is 9.47 Å². The van der Waals surface area contributed by atoms with Gasteiger partial charge in [0, 0.05) is 38.8 Å². The number of ether oxygens (including phenoxy) is 2. The highest BCUT2D eigenvalue weighted by atomic mass is 35.5. The summed E-state index contributed by atoms with van der Waals surface area (Å²) in [4.78, 5) is 4.86. The van der Waals surface area contributed by atoms with Crippen molar-refractivity contribution in [1.29, 1.82) is 0 Å². The van der Waals surface area contributed by atoms with Gasteiger partial charge in [-0.3, -0.25) is 9.80 Å². The number of β-amino-alcohol motifs (C(OH)–C–C–N with tert-alkyl or cyclic N) is 1. The SMILES string of the molecule is COc1cccc(OCC(O)CN2CCN(C(c3ccccc3)c3ccccc3)CC2)c1.Cl.Cl. The van der Waals surface area contributed by atoms with E-state index in [4.69, 9.17) is 9.47 Å². The third kappa shape index (κ3) is 7.62. The van der Waals surface area contributed by atoms with Gasteiger partial charge in [0.15, 0.2) is 0 Å². The van der Waals surface area contributed by atoms with Gasteiger partial charge in [0.1, 0.15) is 24.2 Å². The molecule has 1 fully saturated rings. The maximum absolute atomic E-state index is 10.5. The van der Waals surface area contributed by atoms with Gasteiger partial charge < -0.3 is 14.6 Å². The number of rotatable bonds is 9. The predicted octanol–water partition coefficient (Wildman–Crippen LogP) is 4.69. The molecule has 4 rings (SSSR count). The van der Waals surface area contributed by atoms with E-state index in [0.29, 0.717) is 12.3 Å². The fraction of sp³-hybridized carbons (Fsp3) is 0.333. The quantitative estimate of drug-likeness (QED) is 0.458. The molecule has 0 aromatic heterocycles. The van der Waals surface area contributed by atoms with Gasteiger partial charge in [0.25, 0.3) is 0 Å². The second kappa shape index (κ2) is 14.2. The predicted molar refractivity (Wildman–Crippen MR) is 142 cm³/mol. The summed E-state index contributed by atoms with van der Waals surface area (Å²) < 4.78 is 11.0. The Labute approximate surface area is 215 Å². The average Bonchev–Trinajstić information content (AvgIpc) is 2.85. The first-order valence-electron chi connectivity index (χ1n) is 11.2. The van der Waals surface area contributed by atoms with E-state index in [1.165, 1.54) is 11.1 Å². The fourth-order valence-electron chi connectivity index (χ4n) is 4.32. The number of methoxy groups -OCH3 is 1. The van der Waals surface area contributed by atoms with Crippen molar-refractivity contribution in [2.75, 3.05) is 46.4 Å². The molecule has 184 valence electrons. The molecular weight excluding hydrogens is 471 g/mol. The van der Waals surface area contributed by atoms with Crippen molar-refractivity contribution in [1.82, 2.24) is 9.80 Å². The second-order valence-electron chi connectivity index (χ2n) is 8.20. The van der Waals surface area contributed by atoms with Crippen molar-refractivity contribution < 1.29 is 14.6 Å². The third-order valence-corrected chi connectivity index (χ3v) is 5.96. The molecule has 0 aliphatic carbocycles. The van der Waals surface area contributed by atoms with E-state index in [0.717, 1.165) is 31.9 Å². The third-order valence-electron chi connectivity index (χ3n) is 5.96. The van der Waals surface area contributed by atoms with Gasteiger partial charge in [-0.1, -0.05) is 66.7 Å². The summed E-state index contributed by atoms with van der Waals surface area (Å²) in [7, 11) is 1.63. The molecule has 1 atom stereocenters. The van der Waals surface area contributed by atoms with Crippen molar-refractivity contribution in [3.8, 4) is 11.5 Å². The molecule has 3 aromatic rings. The van der Waals surface area contributed by atoms with E-state index in [1.807, 2.05) is 24.3 Å². The van der Waals surface area contributed by atoms with Crippen LogP contribution in [0, 0.1) is 0 Å². The monoisotopic (exact) mass is 504 g/mol. The molecule has 0 spiro atoms. The Morgan fingerprint density at radius 3 is 1.88 bits per heavy atom. The maximum atomic E-state index is 10.5. The van der Waals surface area contributed by atoms with Crippen LogP contribution in [-0.4, -0.2) is 67.5 Å². The van der Waals surface area contributed by atoms with Gasteiger partial charge in [0.2, 0.25) is 0 Å². The van der Waals surface area contributed by atoms with Crippen LogP contribution in [-0.2, 0) is 0 Å². The second-order valence-corrected chi connectivity index (χ2v) is 8.20. The number of hydrogen-bond acceptors (Lipinski definition) is 5. The standard InChI is InChI=1S/C27H32N2O3.2ClH/c1-31-25-13-8-14-26(19-25)32-21-24(30)20-28-15-17-29(18-16-28)27(22-9-4-2-5-10-22)23-11-6-3-7-12-23;;/h2-14,19,24,27,30H,15-18,20-21H2,1H3;2*1H. The lowest BCUT2D eigenvalue weighted by molar-refractivity contribution is 0.0400. The van der Waals surface area contributed by atoms with Gasteiger partial charge in [-0.25, -0.2) is 0 Å². The van der Waals surface area contributed by atoms with Crippen LogP contribution in [0.1, 0.15) is 17.2 Å². The van der Waals surface area contributed by atoms with Crippen molar-refractivity contribution in [2.24, 2.45) is 0 Å². The Bertz CT molecular complexity index is 915. The van der Waals surface area contributed by atoms with E-state index in [1.54, 1.807) is 7.11 Å². The van der Waals surface area contributed by atoms with E-state index in [9.17, 15) is 5.11 Å².